The lowest BCUT2D eigenvalue weighted by molar-refractivity contribution is -0.0489. The lowest BCUT2D eigenvalue weighted by Crippen LogP contribution is -2.39. The summed E-state index contributed by atoms with van der Waals surface area (Å²) >= 11 is 0. The SMILES string of the molecule is C1CC2OC2CC1=C1COCC2(CCC3OC3C2)COC1. The van der Waals surface area contributed by atoms with Crippen molar-refractivity contribution in [3.05, 3.63) is 11.1 Å². The van der Waals surface area contributed by atoms with Crippen LogP contribution in [0.4, 0.5) is 0 Å². The lowest BCUT2D eigenvalue weighted by atomic mass is 9.75. The molecule has 2 saturated carbocycles. The van der Waals surface area contributed by atoms with Gasteiger partial charge in [-0.15, -0.1) is 0 Å². The van der Waals surface area contributed by atoms with Crippen molar-refractivity contribution in [2.75, 3.05) is 26.4 Å². The topological polar surface area (TPSA) is 43.5 Å². The molecule has 116 valence electrons. The minimum Gasteiger partial charge on any atom is -0.376 e. The van der Waals surface area contributed by atoms with Crippen molar-refractivity contribution in [1.29, 1.82) is 0 Å². The van der Waals surface area contributed by atoms with Gasteiger partial charge in [0.05, 0.1) is 50.8 Å². The Morgan fingerprint density at radius 1 is 0.810 bits per heavy atom. The molecule has 0 aromatic heterocycles. The molecule has 21 heavy (non-hydrogen) atoms. The van der Waals surface area contributed by atoms with Crippen LogP contribution < -0.4 is 0 Å². The van der Waals surface area contributed by atoms with E-state index in [0.717, 1.165) is 39.3 Å². The highest BCUT2D eigenvalue weighted by atomic mass is 16.6. The largest absolute Gasteiger partial charge is 0.376 e. The number of rotatable bonds is 0. The number of hydrogen-bond donors (Lipinski definition) is 0. The van der Waals surface area contributed by atoms with E-state index in [4.69, 9.17) is 18.9 Å². The van der Waals surface area contributed by atoms with Crippen molar-refractivity contribution >= 4 is 0 Å². The molecule has 4 nitrogen and oxygen atoms in total. The van der Waals surface area contributed by atoms with E-state index in [1.807, 2.05) is 0 Å². The molecule has 0 radical (unpaired) electrons. The van der Waals surface area contributed by atoms with Gasteiger partial charge < -0.3 is 18.9 Å². The summed E-state index contributed by atoms with van der Waals surface area (Å²) in [6.45, 7) is 3.17. The highest BCUT2D eigenvalue weighted by molar-refractivity contribution is 5.21. The molecule has 5 aliphatic rings. The quantitative estimate of drug-likeness (QED) is 0.507. The van der Waals surface area contributed by atoms with Crippen molar-refractivity contribution < 1.29 is 18.9 Å². The van der Waals surface area contributed by atoms with E-state index in [2.05, 4.69) is 0 Å². The Labute approximate surface area is 125 Å². The minimum atomic E-state index is 0.213. The van der Waals surface area contributed by atoms with E-state index in [1.165, 1.54) is 31.3 Å². The maximum absolute atomic E-state index is 6.12. The van der Waals surface area contributed by atoms with Gasteiger partial charge in [0.2, 0.25) is 0 Å². The first-order valence-corrected chi connectivity index (χ1v) is 8.48. The molecule has 0 N–H and O–H groups in total. The molecular weight excluding hydrogens is 268 g/mol. The van der Waals surface area contributed by atoms with E-state index in [1.54, 1.807) is 5.57 Å². The van der Waals surface area contributed by atoms with Crippen LogP contribution in [-0.4, -0.2) is 50.8 Å². The average Bonchev–Trinajstić information content (AvgIpc) is 3.35. The van der Waals surface area contributed by atoms with Gasteiger partial charge in [-0.25, -0.2) is 0 Å². The zero-order valence-corrected chi connectivity index (χ0v) is 12.5. The molecule has 4 atom stereocenters. The van der Waals surface area contributed by atoms with Gasteiger partial charge in [-0.1, -0.05) is 5.57 Å². The van der Waals surface area contributed by atoms with Crippen molar-refractivity contribution in [2.45, 2.75) is 62.9 Å². The molecule has 1 spiro atoms. The monoisotopic (exact) mass is 292 g/mol. The van der Waals surface area contributed by atoms with E-state index in [0.29, 0.717) is 24.4 Å². The maximum Gasteiger partial charge on any atom is 0.0879 e. The van der Waals surface area contributed by atoms with Crippen LogP contribution in [0, 0.1) is 5.41 Å². The summed E-state index contributed by atoms with van der Waals surface area (Å²) in [6, 6.07) is 0. The standard InChI is InChI=1S/C17H24O4/c1-2-13-15(20-13)5-11(1)12-7-18-9-17(10-19-8-12)4-3-14-16(6-17)21-14/h13-16H,1-10H2. The molecule has 5 rings (SSSR count). The highest BCUT2D eigenvalue weighted by Crippen LogP contribution is 2.47. The molecule has 4 heteroatoms. The van der Waals surface area contributed by atoms with Crippen LogP contribution in [0.1, 0.15) is 38.5 Å². The van der Waals surface area contributed by atoms with Crippen molar-refractivity contribution in [3.8, 4) is 0 Å². The van der Waals surface area contributed by atoms with Crippen molar-refractivity contribution in [3.63, 3.8) is 0 Å². The Morgan fingerprint density at radius 3 is 2.33 bits per heavy atom. The second kappa shape index (κ2) is 4.79. The molecule has 2 aliphatic carbocycles. The van der Waals surface area contributed by atoms with Crippen LogP contribution in [0.3, 0.4) is 0 Å². The second-order valence-electron chi connectivity index (χ2n) is 7.60. The molecule has 4 unspecified atom stereocenters. The highest BCUT2D eigenvalue weighted by Gasteiger charge is 2.51. The fourth-order valence-corrected chi connectivity index (χ4v) is 4.52. The van der Waals surface area contributed by atoms with Crippen LogP contribution in [0.25, 0.3) is 0 Å². The minimum absolute atomic E-state index is 0.213. The normalized spacial score (nSPS) is 49.1. The molecule has 0 aromatic rings. The number of epoxide rings is 2. The molecule has 5 fully saturated rings. The lowest BCUT2D eigenvalue weighted by Gasteiger charge is -2.37. The first kappa shape index (κ1) is 13.1. The third-order valence-electron chi connectivity index (χ3n) is 6.02. The third kappa shape index (κ3) is 2.46. The Hall–Kier alpha value is -0.420. The van der Waals surface area contributed by atoms with Crippen molar-refractivity contribution in [2.24, 2.45) is 5.41 Å². The van der Waals surface area contributed by atoms with Gasteiger partial charge in [-0.3, -0.25) is 0 Å². The smallest absolute Gasteiger partial charge is 0.0879 e. The fourth-order valence-electron chi connectivity index (χ4n) is 4.52. The molecule has 3 saturated heterocycles. The summed E-state index contributed by atoms with van der Waals surface area (Å²) in [6.07, 6.45) is 9.07. The average molecular weight is 292 g/mol. The van der Waals surface area contributed by atoms with E-state index < -0.39 is 0 Å². The predicted octanol–water partition coefficient (Wildman–Crippen LogP) is 2.22. The van der Waals surface area contributed by atoms with Gasteiger partial charge in [0, 0.05) is 5.41 Å². The molecule has 0 aromatic carbocycles. The van der Waals surface area contributed by atoms with Crippen LogP contribution in [-0.2, 0) is 18.9 Å². The fraction of sp³-hybridized carbons (Fsp3) is 0.882. The summed E-state index contributed by atoms with van der Waals surface area (Å²) in [5.41, 5.74) is 3.14. The zero-order chi connectivity index (χ0) is 13.9. The van der Waals surface area contributed by atoms with Gasteiger partial charge in [0.25, 0.3) is 0 Å². The van der Waals surface area contributed by atoms with E-state index >= 15 is 0 Å². The van der Waals surface area contributed by atoms with Gasteiger partial charge in [0.15, 0.2) is 0 Å². The second-order valence-corrected chi connectivity index (χ2v) is 7.60. The van der Waals surface area contributed by atoms with Crippen LogP contribution in [0.2, 0.25) is 0 Å². The third-order valence-corrected chi connectivity index (χ3v) is 6.02. The first-order chi connectivity index (χ1) is 10.3. The van der Waals surface area contributed by atoms with Gasteiger partial charge >= 0.3 is 0 Å². The zero-order valence-electron chi connectivity index (χ0n) is 12.5. The number of hydrogen-bond acceptors (Lipinski definition) is 4. The Balaban J connectivity index is 1.25. The Bertz CT molecular complexity index is 459. The summed E-state index contributed by atoms with van der Waals surface area (Å²) in [5, 5.41) is 0. The number of fused-ring (bicyclic) bond motifs is 2. The van der Waals surface area contributed by atoms with E-state index in [-0.39, 0.29) is 5.41 Å². The Morgan fingerprint density at radius 2 is 1.57 bits per heavy atom. The van der Waals surface area contributed by atoms with Crippen LogP contribution in [0.5, 0.6) is 0 Å². The van der Waals surface area contributed by atoms with Crippen LogP contribution >= 0.6 is 0 Å². The van der Waals surface area contributed by atoms with Gasteiger partial charge in [-0.2, -0.15) is 0 Å². The summed E-state index contributed by atoms with van der Waals surface area (Å²) in [7, 11) is 0. The predicted molar refractivity (Wildman–Crippen MR) is 76.1 cm³/mol. The summed E-state index contributed by atoms with van der Waals surface area (Å²) < 4.78 is 23.5. The molecule has 0 amide bonds. The number of ether oxygens (including phenoxy) is 4. The summed E-state index contributed by atoms with van der Waals surface area (Å²) in [5.74, 6) is 0. The first-order valence-electron chi connectivity index (χ1n) is 8.48. The maximum atomic E-state index is 6.12. The van der Waals surface area contributed by atoms with Gasteiger partial charge in [-0.05, 0) is 44.1 Å². The Kier molecular flexibility index (Phi) is 2.98. The van der Waals surface area contributed by atoms with E-state index in [9.17, 15) is 0 Å². The van der Waals surface area contributed by atoms with Crippen LogP contribution in [0.15, 0.2) is 11.1 Å². The molecule has 0 bridgehead atoms. The summed E-state index contributed by atoms with van der Waals surface area (Å²) in [4.78, 5) is 0. The van der Waals surface area contributed by atoms with Gasteiger partial charge in [0.1, 0.15) is 0 Å². The molecular formula is C17H24O4. The molecule has 3 aliphatic heterocycles. The van der Waals surface area contributed by atoms with Crippen molar-refractivity contribution in [1.82, 2.24) is 0 Å². The molecule has 3 heterocycles.